The molecule has 0 radical (unpaired) electrons. The van der Waals surface area contributed by atoms with Crippen molar-refractivity contribution in [3.8, 4) is 34.1 Å². The number of alkyl halides is 6. The lowest BCUT2D eigenvalue weighted by molar-refractivity contribution is -0.143. The Morgan fingerprint density at radius 2 is 1.13 bits per heavy atom. The van der Waals surface area contributed by atoms with Gasteiger partial charge in [-0.05, 0) is 69.6 Å². The summed E-state index contributed by atoms with van der Waals surface area (Å²) in [5.74, 6) is -2.05. The molecule has 0 fully saturated rings. The van der Waals surface area contributed by atoms with Crippen LogP contribution in [0.4, 0.5) is 26.3 Å². The molecule has 0 aliphatic heterocycles. The van der Waals surface area contributed by atoms with Gasteiger partial charge in [0.25, 0.3) is 0 Å². The number of hydrogen-bond acceptors (Lipinski definition) is 5. The fourth-order valence-electron chi connectivity index (χ4n) is 5.33. The molecule has 0 bridgehead atoms. The smallest absolute Gasteiger partial charge is 0.416 e. The number of carbonyl (C=O) groups excluding carboxylic acids is 1. The molecule has 238 valence electrons. The third-order valence-electron chi connectivity index (χ3n) is 7.47. The van der Waals surface area contributed by atoms with E-state index in [0.29, 0.717) is 33.7 Å². The zero-order valence-electron chi connectivity index (χ0n) is 24.0. The van der Waals surface area contributed by atoms with Crippen molar-refractivity contribution in [2.24, 2.45) is 0 Å². The summed E-state index contributed by atoms with van der Waals surface area (Å²) in [4.78, 5) is 13.3. The topological polar surface area (TPSA) is 76.0 Å². The zero-order chi connectivity index (χ0) is 33.5. The molecule has 0 aromatic heterocycles. The fourth-order valence-corrected chi connectivity index (χ4v) is 5.33. The molecule has 47 heavy (non-hydrogen) atoms. The number of fused-ring (bicyclic) bond motifs is 2. The molecule has 0 aliphatic rings. The molecule has 0 saturated carbocycles. The van der Waals surface area contributed by atoms with E-state index in [1.807, 2.05) is 0 Å². The lowest BCUT2D eigenvalue weighted by Gasteiger charge is -2.19. The molecule has 11 heteroatoms. The first-order chi connectivity index (χ1) is 22.3. The maximum absolute atomic E-state index is 13.5. The Balaban J connectivity index is 1.50. The molecule has 5 nitrogen and oxygen atoms in total. The summed E-state index contributed by atoms with van der Waals surface area (Å²) in [6.07, 6.45) is -10.1. The van der Waals surface area contributed by atoms with E-state index in [-0.39, 0.29) is 34.3 Å². The van der Waals surface area contributed by atoms with E-state index < -0.39 is 53.1 Å². The minimum Gasteiger partial charge on any atom is -0.506 e. The Hall–Kier alpha value is -5.71. The maximum Gasteiger partial charge on any atom is 0.416 e. The van der Waals surface area contributed by atoms with Crippen LogP contribution in [0.15, 0.2) is 109 Å². The molecule has 6 rings (SSSR count). The van der Waals surface area contributed by atoms with E-state index in [1.54, 1.807) is 78.9 Å². The molecule has 0 unspecified atom stereocenters. The van der Waals surface area contributed by atoms with E-state index in [2.05, 4.69) is 0 Å². The van der Waals surface area contributed by atoms with E-state index in [1.165, 1.54) is 12.1 Å². The van der Waals surface area contributed by atoms with Crippen LogP contribution >= 0.6 is 0 Å². The number of phenols is 2. The normalized spacial score (nSPS) is 12.0. The second-order valence-corrected chi connectivity index (χ2v) is 10.6. The van der Waals surface area contributed by atoms with Gasteiger partial charge >= 0.3 is 18.3 Å². The molecule has 0 amide bonds. The van der Waals surface area contributed by atoms with Gasteiger partial charge in [0, 0.05) is 11.1 Å². The first-order valence-electron chi connectivity index (χ1n) is 14.0. The van der Waals surface area contributed by atoms with E-state index in [0.717, 1.165) is 0 Å². The highest BCUT2D eigenvalue weighted by atomic mass is 19.4. The molecule has 2 N–H and O–H groups in total. The van der Waals surface area contributed by atoms with Crippen LogP contribution in [0.1, 0.15) is 27.0 Å². The Bertz CT molecular complexity index is 2110. The number of rotatable bonds is 6. The van der Waals surface area contributed by atoms with E-state index >= 15 is 0 Å². The molecule has 0 aliphatic carbocycles. The number of esters is 1. The minimum atomic E-state index is -5.06. The number of hydrogen-bond donors (Lipinski definition) is 2. The van der Waals surface area contributed by atoms with Gasteiger partial charge in [-0.25, -0.2) is 4.79 Å². The number of ether oxygens (including phenoxy) is 2. The first-order valence-corrected chi connectivity index (χ1v) is 14.0. The van der Waals surface area contributed by atoms with E-state index in [4.69, 9.17) is 9.47 Å². The number of phenolic OH excluding ortho intramolecular Hbond substituents is 2. The molecule has 0 spiro atoms. The van der Waals surface area contributed by atoms with Gasteiger partial charge in [0.1, 0.15) is 23.7 Å². The number of para-hydroxylation sites is 1. The predicted molar refractivity (Wildman–Crippen MR) is 162 cm³/mol. The highest BCUT2D eigenvalue weighted by molar-refractivity contribution is 6.14. The van der Waals surface area contributed by atoms with Crippen molar-refractivity contribution in [3.05, 3.63) is 131 Å². The van der Waals surface area contributed by atoms with Crippen molar-refractivity contribution in [2.75, 3.05) is 0 Å². The van der Waals surface area contributed by atoms with Crippen LogP contribution < -0.4 is 9.47 Å². The Labute approximate surface area is 262 Å². The minimum absolute atomic E-state index is 0.0127. The summed E-state index contributed by atoms with van der Waals surface area (Å²) < 4.78 is 91.9. The van der Waals surface area contributed by atoms with Crippen LogP contribution in [-0.2, 0) is 19.0 Å². The highest BCUT2D eigenvalue weighted by Crippen LogP contribution is 2.50. The Morgan fingerprint density at radius 1 is 0.617 bits per heavy atom. The predicted octanol–water partition coefficient (Wildman–Crippen LogP) is 9.91. The second kappa shape index (κ2) is 11.9. The maximum atomic E-state index is 13.5. The summed E-state index contributed by atoms with van der Waals surface area (Å²) in [6, 6.07) is 25.4. The molecule has 0 saturated heterocycles. The monoisotopic (exact) mass is 648 g/mol. The summed E-state index contributed by atoms with van der Waals surface area (Å²) >= 11 is 0. The molecule has 0 atom stereocenters. The summed E-state index contributed by atoms with van der Waals surface area (Å²) in [5.41, 5.74) is -3.64. The summed E-state index contributed by atoms with van der Waals surface area (Å²) in [6.45, 7) is -0.769. The van der Waals surface area contributed by atoms with Gasteiger partial charge in [0.15, 0.2) is 11.5 Å². The second-order valence-electron chi connectivity index (χ2n) is 10.6. The Morgan fingerprint density at radius 3 is 1.70 bits per heavy atom. The van der Waals surface area contributed by atoms with Gasteiger partial charge in [-0.3, -0.25) is 0 Å². The van der Waals surface area contributed by atoms with E-state index in [9.17, 15) is 41.4 Å². The molecular formula is C36H22F6O5. The van der Waals surface area contributed by atoms with Crippen molar-refractivity contribution in [3.63, 3.8) is 0 Å². The third-order valence-corrected chi connectivity index (χ3v) is 7.47. The first kappa shape index (κ1) is 31.3. The van der Waals surface area contributed by atoms with Gasteiger partial charge in [-0.2, -0.15) is 26.3 Å². The van der Waals surface area contributed by atoms with Crippen molar-refractivity contribution >= 4 is 27.5 Å². The average Bonchev–Trinajstić information content (AvgIpc) is 3.03. The van der Waals surface area contributed by atoms with Crippen molar-refractivity contribution < 1.29 is 50.8 Å². The summed E-state index contributed by atoms with van der Waals surface area (Å²) in [7, 11) is 0. The summed E-state index contributed by atoms with van der Waals surface area (Å²) in [5, 5.41) is 25.0. The number of halogens is 6. The van der Waals surface area contributed by atoms with Crippen molar-refractivity contribution in [1.29, 1.82) is 0 Å². The van der Waals surface area contributed by atoms with Crippen molar-refractivity contribution in [2.45, 2.75) is 19.0 Å². The van der Waals surface area contributed by atoms with Crippen LogP contribution in [0.5, 0.6) is 23.0 Å². The van der Waals surface area contributed by atoms with Gasteiger partial charge in [0.2, 0.25) is 0 Å². The standard InChI is InChI=1S/C36H22F6O5/c37-35(38,39)23-14-20(15-24(18-23)36(40,41)42)19-46-29-17-22-9-5-7-13-27(22)31(33(29)44)30-26-12-6-4-8-21(26)16-28(32(30)43)34(45)47-25-10-2-1-3-11-25/h1-18,43-44H,19H2. The van der Waals surface area contributed by atoms with Crippen LogP contribution in [0.25, 0.3) is 32.7 Å². The lowest BCUT2D eigenvalue weighted by Crippen LogP contribution is -2.12. The van der Waals surface area contributed by atoms with Crippen LogP contribution in [0, 0.1) is 0 Å². The van der Waals surface area contributed by atoms with Gasteiger partial charge in [-0.15, -0.1) is 0 Å². The fraction of sp³-hybridized carbons (Fsp3) is 0.0833. The van der Waals surface area contributed by atoms with Crippen LogP contribution in [0.3, 0.4) is 0 Å². The van der Waals surface area contributed by atoms with Crippen LogP contribution in [0.2, 0.25) is 0 Å². The van der Waals surface area contributed by atoms with Crippen LogP contribution in [-0.4, -0.2) is 16.2 Å². The number of carbonyl (C=O) groups is 1. The molecule has 6 aromatic rings. The van der Waals surface area contributed by atoms with Crippen molar-refractivity contribution in [1.82, 2.24) is 0 Å². The number of benzene rings is 6. The highest BCUT2D eigenvalue weighted by Gasteiger charge is 2.37. The largest absolute Gasteiger partial charge is 0.506 e. The van der Waals surface area contributed by atoms with Gasteiger partial charge in [0.05, 0.1) is 11.1 Å². The quantitative estimate of drug-likeness (QED) is 0.107. The van der Waals surface area contributed by atoms with Gasteiger partial charge < -0.3 is 19.7 Å². The number of aromatic hydroxyl groups is 2. The lowest BCUT2D eigenvalue weighted by atomic mass is 9.90. The Kier molecular flexibility index (Phi) is 7.92. The SMILES string of the molecule is O=C(Oc1ccccc1)c1cc2ccccc2c(-c2c(O)c(OCc3cc(C(F)(F)F)cc(C(F)(F)F)c3)cc3ccccc23)c1O. The molecule has 0 heterocycles. The molecular weight excluding hydrogens is 626 g/mol. The molecule has 6 aromatic carbocycles. The third kappa shape index (κ3) is 6.24. The zero-order valence-corrected chi connectivity index (χ0v) is 24.0. The average molecular weight is 649 g/mol. The van der Waals surface area contributed by atoms with Gasteiger partial charge in [-0.1, -0.05) is 66.7 Å².